The summed E-state index contributed by atoms with van der Waals surface area (Å²) in [5, 5.41) is 3.57. The molecule has 0 bridgehead atoms. The molecular weight excluding hydrogens is 297 g/mol. The molecule has 0 spiro atoms. The van der Waals surface area contributed by atoms with Gasteiger partial charge < -0.3 is 9.88 Å². The average molecular weight is 312 g/mol. The third-order valence-corrected chi connectivity index (χ3v) is 3.29. The molecule has 0 fully saturated rings. The number of carbonyl (C=O) groups excluding carboxylic acids is 1. The zero-order valence-corrected chi connectivity index (χ0v) is 12.8. The van der Waals surface area contributed by atoms with Gasteiger partial charge in [-0.3, -0.25) is 4.79 Å². The SMILES string of the molecule is CCCn1cc(Cl)cc1C(=O)Nc1cc(C)cnc1Cl. The van der Waals surface area contributed by atoms with Gasteiger partial charge in [-0.1, -0.05) is 30.1 Å². The molecule has 0 saturated carbocycles. The number of halogens is 2. The molecule has 0 aliphatic rings. The van der Waals surface area contributed by atoms with E-state index in [2.05, 4.69) is 10.3 Å². The Hall–Kier alpha value is -1.52. The Balaban J connectivity index is 2.26. The van der Waals surface area contributed by atoms with Crippen molar-refractivity contribution in [2.75, 3.05) is 5.32 Å². The lowest BCUT2D eigenvalue weighted by Gasteiger charge is -2.10. The first kappa shape index (κ1) is 14.9. The molecule has 0 aliphatic carbocycles. The minimum absolute atomic E-state index is 0.250. The second-order valence-corrected chi connectivity index (χ2v) is 5.34. The van der Waals surface area contributed by atoms with E-state index in [0.717, 1.165) is 18.5 Å². The van der Waals surface area contributed by atoms with Crippen molar-refractivity contribution < 1.29 is 4.79 Å². The van der Waals surface area contributed by atoms with Crippen LogP contribution in [0.15, 0.2) is 24.5 Å². The molecule has 6 heteroatoms. The summed E-state index contributed by atoms with van der Waals surface area (Å²) in [6.07, 6.45) is 4.31. The quantitative estimate of drug-likeness (QED) is 0.862. The molecule has 1 N–H and O–H groups in total. The van der Waals surface area contributed by atoms with Gasteiger partial charge in [-0.05, 0) is 31.0 Å². The van der Waals surface area contributed by atoms with Crippen LogP contribution in [-0.4, -0.2) is 15.5 Å². The topological polar surface area (TPSA) is 46.9 Å². The molecule has 4 nitrogen and oxygen atoms in total. The first-order chi connectivity index (χ1) is 9.51. The van der Waals surface area contributed by atoms with Crippen molar-refractivity contribution in [2.45, 2.75) is 26.8 Å². The fraction of sp³-hybridized carbons (Fsp3) is 0.286. The van der Waals surface area contributed by atoms with E-state index in [1.54, 1.807) is 24.5 Å². The molecule has 0 saturated heterocycles. The van der Waals surface area contributed by atoms with Crippen molar-refractivity contribution in [2.24, 2.45) is 0 Å². The van der Waals surface area contributed by atoms with Gasteiger partial charge in [0.1, 0.15) is 5.69 Å². The van der Waals surface area contributed by atoms with Gasteiger partial charge in [0.25, 0.3) is 5.91 Å². The molecule has 0 unspecified atom stereocenters. The molecule has 2 aromatic rings. The van der Waals surface area contributed by atoms with E-state index < -0.39 is 0 Å². The highest BCUT2D eigenvalue weighted by molar-refractivity contribution is 6.33. The van der Waals surface area contributed by atoms with Crippen LogP contribution in [0.25, 0.3) is 0 Å². The number of nitrogens with one attached hydrogen (secondary N) is 1. The summed E-state index contributed by atoms with van der Waals surface area (Å²) < 4.78 is 1.83. The van der Waals surface area contributed by atoms with Crippen LogP contribution < -0.4 is 5.32 Å². The van der Waals surface area contributed by atoms with Crippen molar-refractivity contribution >= 4 is 34.8 Å². The number of hydrogen-bond acceptors (Lipinski definition) is 2. The summed E-state index contributed by atoms with van der Waals surface area (Å²) in [5.41, 5.74) is 1.93. The second kappa shape index (κ2) is 6.29. The Kier molecular flexibility index (Phi) is 4.68. The van der Waals surface area contributed by atoms with E-state index in [0.29, 0.717) is 16.4 Å². The molecule has 20 heavy (non-hydrogen) atoms. The summed E-state index contributed by atoms with van der Waals surface area (Å²) >= 11 is 11.9. The van der Waals surface area contributed by atoms with Crippen molar-refractivity contribution in [1.82, 2.24) is 9.55 Å². The number of nitrogens with zero attached hydrogens (tertiary/aromatic N) is 2. The lowest BCUT2D eigenvalue weighted by Crippen LogP contribution is -2.17. The van der Waals surface area contributed by atoms with Gasteiger partial charge in [0.2, 0.25) is 0 Å². The molecular formula is C14H15Cl2N3O. The van der Waals surface area contributed by atoms with Crippen LogP contribution in [0, 0.1) is 6.92 Å². The highest BCUT2D eigenvalue weighted by Crippen LogP contribution is 2.22. The van der Waals surface area contributed by atoms with Gasteiger partial charge >= 0.3 is 0 Å². The maximum atomic E-state index is 12.3. The third-order valence-electron chi connectivity index (χ3n) is 2.78. The van der Waals surface area contributed by atoms with Crippen molar-refractivity contribution in [1.29, 1.82) is 0 Å². The molecule has 0 aliphatic heterocycles. The maximum Gasteiger partial charge on any atom is 0.272 e. The second-order valence-electron chi connectivity index (χ2n) is 4.54. The molecule has 0 radical (unpaired) electrons. The van der Waals surface area contributed by atoms with Crippen molar-refractivity contribution in [3.05, 3.63) is 46.0 Å². The van der Waals surface area contributed by atoms with Crippen molar-refractivity contribution in [3.8, 4) is 0 Å². The number of pyridine rings is 1. The normalized spacial score (nSPS) is 10.6. The van der Waals surface area contributed by atoms with Gasteiger partial charge in [0.15, 0.2) is 5.15 Å². The lowest BCUT2D eigenvalue weighted by molar-refractivity contribution is 0.101. The number of hydrogen-bond donors (Lipinski definition) is 1. The number of carbonyl (C=O) groups is 1. The monoisotopic (exact) mass is 311 g/mol. The van der Waals surface area contributed by atoms with E-state index in [9.17, 15) is 4.79 Å². The van der Waals surface area contributed by atoms with E-state index in [1.807, 2.05) is 18.4 Å². The molecule has 2 heterocycles. The summed E-state index contributed by atoms with van der Waals surface area (Å²) in [5.74, 6) is -0.250. The van der Waals surface area contributed by atoms with Crippen LogP contribution in [0.3, 0.4) is 0 Å². The number of amides is 1. The fourth-order valence-corrected chi connectivity index (χ4v) is 2.29. The highest BCUT2D eigenvalue weighted by atomic mass is 35.5. The third kappa shape index (κ3) is 3.32. The predicted octanol–water partition coefficient (Wildman–Crippen LogP) is 4.16. The smallest absolute Gasteiger partial charge is 0.272 e. The molecule has 106 valence electrons. The zero-order valence-electron chi connectivity index (χ0n) is 11.3. The highest BCUT2D eigenvalue weighted by Gasteiger charge is 2.14. The Morgan fingerprint density at radius 1 is 1.40 bits per heavy atom. The Morgan fingerprint density at radius 3 is 2.85 bits per heavy atom. The minimum Gasteiger partial charge on any atom is -0.342 e. The van der Waals surface area contributed by atoms with E-state index in [1.165, 1.54) is 0 Å². The molecule has 0 aromatic carbocycles. The van der Waals surface area contributed by atoms with E-state index >= 15 is 0 Å². The molecule has 2 aromatic heterocycles. The van der Waals surface area contributed by atoms with Gasteiger partial charge in [-0.2, -0.15) is 0 Å². The summed E-state index contributed by atoms with van der Waals surface area (Å²) in [6.45, 7) is 4.65. The van der Waals surface area contributed by atoms with Crippen LogP contribution in [0.2, 0.25) is 10.2 Å². The average Bonchev–Trinajstić information content (AvgIpc) is 2.75. The van der Waals surface area contributed by atoms with Crippen LogP contribution in [0.5, 0.6) is 0 Å². The van der Waals surface area contributed by atoms with E-state index in [-0.39, 0.29) is 11.1 Å². The largest absolute Gasteiger partial charge is 0.342 e. The Labute approximate surface area is 127 Å². The van der Waals surface area contributed by atoms with Crippen molar-refractivity contribution in [3.63, 3.8) is 0 Å². The van der Waals surface area contributed by atoms with Crippen LogP contribution >= 0.6 is 23.2 Å². The van der Waals surface area contributed by atoms with Gasteiger partial charge in [0, 0.05) is 18.9 Å². The summed E-state index contributed by atoms with van der Waals surface area (Å²) in [6, 6.07) is 3.42. The van der Waals surface area contributed by atoms with Crippen LogP contribution in [0.1, 0.15) is 29.4 Å². The maximum absolute atomic E-state index is 12.3. The first-order valence-corrected chi connectivity index (χ1v) is 7.06. The molecule has 1 amide bonds. The number of anilines is 1. The zero-order chi connectivity index (χ0) is 14.7. The molecule has 0 atom stereocenters. The van der Waals surface area contributed by atoms with Gasteiger partial charge in [-0.25, -0.2) is 4.98 Å². The standard InChI is InChI=1S/C14H15Cl2N3O/c1-3-4-19-8-10(15)6-12(19)14(20)18-11-5-9(2)7-17-13(11)16/h5-8H,3-4H2,1-2H3,(H,18,20). The Morgan fingerprint density at radius 2 is 2.15 bits per heavy atom. The summed E-state index contributed by atoms with van der Waals surface area (Å²) in [4.78, 5) is 16.3. The Bertz CT molecular complexity index is 637. The lowest BCUT2D eigenvalue weighted by atomic mass is 10.3. The fourth-order valence-electron chi connectivity index (χ4n) is 1.92. The van der Waals surface area contributed by atoms with Gasteiger partial charge in [0.05, 0.1) is 10.7 Å². The number of rotatable bonds is 4. The van der Waals surface area contributed by atoms with Gasteiger partial charge in [-0.15, -0.1) is 0 Å². The van der Waals surface area contributed by atoms with Crippen LogP contribution in [0.4, 0.5) is 5.69 Å². The first-order valence-electron chi connectivity index (χ1n) is 6.30. The van der Waals surface area contributed by atoms with Crippen LogP contribution in [-0.2, 0) is 6.54 Å². The number of aromatic nitrogens is 2. The van der Waals surface area contributed by atoms with E-state index in [4.69, 9.17) is 23.2 Å². The minimum atomic E-state index is -0.250. The summed E-state index contributed by atoms with van der Waals surface area (Å²) in [7, 11) is 0. The number of aryl methyl sites for hydroxylation is 2. The predicted molar refractivity (Wildman–Crippen MR) is 81.7 cm³/mol. The molecule has 2 rings (SSSR count).